The van der Waals surface area contributed by atoms with Crippen LogP contribution in [0.1, 0.15) is 5.56 Å². The van der Waals surface area contributed by atoms with E-state index in [0.717, 1.165) is 0 Å². The zero-order valence-electron chi connectivity index (χ0n) is 9.32. The van der Waals surface area contributed by atoms with Gasteiger partial charge < -0.3 is 19.9 Å². The Balaban J connectivity index is 2.92. The van der Waals surface area contributed by atoms with Gasteiger partial charge in [-0.25, -0.2) is 0 Å². The van der Waals surface area contributed by atoms with E-state index in [4.69, 9.17) is 25.2 Å². The van der Waals surface area contributed by atoms with Gasteiger partial charge in [-0.15, -0.1) is 0 Å². The molecule has 0 aliphatic heterocycles. The first-order valence-electron chi connectivity index (χ1n) is 4.72. The molecule has 0 spiro atoms. The summed E-state index contributed by atoms with van der Waals surface area (Å²) in [5.74, 6) is 0.998. The Morgan fingerprint density at radius 1 is 1.25 bits per heavy atom. The Bertz CT molecular complexity index is 399. The van der Waals surface area contributed by atoms with Gasteiger partial charge in [0.15, 0.2) is 11.5 Å². The molecule has 0 saturated carbocycles. The smallest absolute Gasteiger partial charge is 0.162 e. The van der Waals surface area contributed by atoms with E-state index in [0.29, 0.717) is 36.0 Å². The second kappa shape index (κ2) is 5.83. The van der Waals surface area contributed by atoms with Crippen molar-refractivity contribution in [2.45, 2.75) is 0 Å². The van der Waals surface area contributed by atoms with Gasteiger partial charge in [0, 0.05) is 19.2 Å². The molecule has 0 radical (unpaired) electrons. The largest absolute Gasteiger partial charge is 0.493 e. The Labute approximate surface area is 94.3 Å². The lowest BCUT2D eigenvalue weighted by Crippen LogP contribution is -2.06. The monoisotopic (exact) mass is 222 g/mol. The molecule has 1 aromatic carbocycles. The molecule has 1 rings (SSSR count). The minimum absolute atomic E-state index is 0.369. The maximum absolute atomic E-state index is 8.83. The van der Waals surface area contributed by atoms with E-state index in [2.05, 4.69) is 0 Å². The first-order valence-corrected chi connectivity index (χ1v) is 4.72. The Hall–Kier alpha value is -1.93. The second-order valence-corrected chi connectivity index (χ2v) is 3.04. The molecule has 0 aromatic heterocycles. The van der Waals surface area contributed by atoms with Crippen molar-refractivity contribution in [1.82, 2.24) is 0 Å². The molecule has 1 aromatic rings. The van der Waals surface area contributed by atoms with E-state index in [9.17, 15) is 0 Å². The molecule has 5 heteroatoms. The standard InChI is InChI=1S/C11H14N2O3/c1-14-3-4-16-11-5-8(7-12)9(13)6-10(11)15-2/h5-6H,3-4,13H2,1-2H3. The fraction of sp³-hybridized carbons (Fsp3) is 0.364. The number of rotatable bonds is 5. The number of nitriles is 1. The third-order valence-electron chi connectivity index (χ3n) is 2.00. The molecule has 0 unspecified atom stereocenters. The van der Waals surface area contributed by atoms with Crippen molar-refractivity contribution in [3.8, 4) is 17.6 Å². The van der Waals surface area contributed by atoms with Crippen LogP contribution in [-0.2, 0) is 4.74 Å². The van der Waals surface area contributed by atoms with Crippen LogP contribution in [0.3, 0.4) is 0 Å². The van der Waals surface area contributed by atoms with E-state index in [-0.39, 0.29) is 0 Å². The molecule has 0 amide bonds. The van der Waals surface area contributed by atoms with Gasteiger partial charge in [-0.1, -0.05) is 0 Å². The highest BCUT2D eigenvalue weighted by molar-refractivity contribution is 5.62. The summed E-state index contributed by atoms with van der Waals surface area (Å²) in [4.78, 5) is 0. The van der Waals surface area contributed by atoms with Crippen molar-refractivity contribution >= 4 is 5.69 Å². The van der Waals surface area contributed by atoms with Gasteiger partial charge in [0.1, 0.15) is 12.7 Å². The van der Waals surface area contributed by atoms with Crippen LogP contribution >= 0.6 is 0 Å². The van der Waals surface area contributed by atoms with Gasteiger partial charge >= 0.3 is 0 Å². The Morgan fingerprint density at radius 3 is 2.56 bits per heavy atom. The van der Waals surface area contributed by atoms with Crippen LogP contribution in [0.15, 0.2) is 12.1 Å². The lowest BCUT2D eigenvalue weighted by atomic mass is 10.2. The van der Waals surface area contributed by atoms with Crippen molar-refractivity contribution < 1.29 is 14.2 Å². The zero-order valence-corrected chi connectivity index (χ0v) is 9.32. The first-order chi connectivity index (χ1) is 7.72. The van der Waals surface area contributed by atoms with Crippen LogP contribution in [0.4, 0.5) is 5.69 Å². The molecule has 0 fully saturated rings. The SMILES string of the molecule is COCCOc1cc(C#N)c(N)cc1OC. The zero-order chi connectivity index (χ0) is 12.0. The second-order valence-electron chi connectivity index (χ2n) is 3.04. The molecule has 0 aliphatic rings. The predicted molar refractivity (Wildman–Crippen MR) is 59.5 cm³/mol. The van der Waals surface area contributed by atoms with Crippen LogP contribution < -0.4 is 15.2 Å². The maximum atomic E-state index is 8.83. The van der Waals surface area contributed by atoms with E-state index < -0.39 is 0 Å². The third kappa shape index (κ3) is 2.78. The number of ether oxygens (including phenoxy) is 3. The molecule has 16 heavy (non-hydrogen) atoms. The topological polar surface area (TPSA) is 77.5 Å². The summed E-state index contributed by atoms with van der Waals surface area (Å²) >= 11 is 0. The Morgan fingerprint density at radius 2 is 2.00 bits per heavy atom. The summed E-state index contributed by atoms with van der Waals surface area (Å²) in [7, 11) is 3.11. The fourth-order valence-corrected chi connectivity index (χ4v) is 1.18. The molecule has 5 nitrogen and oxygen atoms in total. The number of hydrogen-bond donors (Lipinski definition) is 1. The van der Waals surface area contributed by atoms with Crippen molar-refractivity contribution in [2.75, 3.05) is 33.2 Å². The molecule has 86 valence electrons. The summed E-state index contributed by atoms with van der Waals surface area (Å²) in [6, 6.07) is 5.12. The van der Waals surface area contributed by atoms with Crippen LogP contribution in [0.5, 0.6) is 11.5 Å². The average molecular weight is 222 g/mol. The minimum Gasteiger partial charge on any atom is -0.493 e. The van der Waals surface area contributed by atoms with Crippen molar-refractivity contribution in [3.63, 3.8) is 0 Å². The van der Waals surface area contributed by atoms with Gasteiger partial charge in [-0.05, 0) is 0 Å². The lowest BCUT2D eigenvalue weighted by molar-refractivity contribution is 0.144. The number of anilines is 1. The number of hydrogen-bond acceptors (Lipinski definition) is 5. The van der Waals surface area contributed by atoms with Crippen LogP contribution in [-0.4, -0.2) is 27.4 Å². The average Bonchev–Trinajstić information content (AvgIpc) is 2.30. The number of nitrogens with zero attached hydrogens (tertiary/aromatic N) is 1. The molecular weight excluding hydrogens is 208 g/mol. The van der Waals surface area contributed by atoms with Gasteiger partial charge in [0.25, 0.3) is 0 Å². The number of nitrogens with two attached hydrogens (primary N) is 1. The van der Waals surface area contributed by atoms with Gasteiger partial charge in [0.2, 0.25) is 0 Å². The normalized spacial score (nSPS) is 9.56. The van der Waals surface area contributed by atoms with Crippen LogP contribution in [0.25, 0.3) is 0 Å². The van der Waals surface area contributed by atoms with Gasteiger partial charge in [-0.2, -0.15) is 5.26 Å². The molecule has 0 bridgehead atoms. The Kier molecular flexibility index (Phi) is 4.42. The third-order valence-corrected chi connectivity index (χ3v) is 2.00. The predicted octanol–water partition coefficient (Wildman–Crippen LogP) is 1.17. The van der Waals surface area contributed by atoms with E-state index in [1.54, 1.807) is 19.2 Å². The quantitative estimate of drug-likeness (QED) is 0.597. The molecule has 0 aliphatic carbocycles. The van der Waals surface area contributed by atoms with Crippen LogP contribution in [0.2, 0.25) is 0 Å². The molecule has 0 saturated heterocycles. The lowest BCUT2D eigenvalue weighted by Gasteiger charge is -2.11. The highest BCUT2D eigenvalue weighted by Crippen LogP contribution is 2.31. The summed E-state index contributed by atoms with van der Waals surface area (Å²) in [6.07, 6.45) is 0. The number of methoxy groups -OCH3 is 2. The van der Waals surface area contributed by atoms with E-state index >= 15 is 0 Å². The highest BCUT2D eigenvalue weighted by Gasteiger charge is 2.09. The summed E-state index contributed by atoms with van der Waals surface area (Å²) in [5.41, 5.74) is 6.39. The highest BCUT2D eigenvalue weighted by atomic mass is 16.5. The number of nitrogen functional groups attached to an aromatic ring is 1. The minimum atomic E-state index is 0.369. The maximum Gasteiger partial charge on any atom is 0.162 e. The van der Waals surface area contributed by atoms with Crippen molar-refractivity contribution in [1.29, 1.82) is 5.26 Å². The summed E-state index contributed by atoms with van der Waals surface area (Å²) in [6.45, 7) is 0.858. The molecule has 0 atom stereocenters. The summed E-state index contributed by atoms with van der Waals surface area (Å²) in [5, 5.41) is 8.83. The van der Waals surface area contributed by atoms with E-state index in [1.807, 2.05) is 6.07 Å². The van der Waals surface area contributed by atoms with Gasteiger partial charge in [0.05, 0.1) is 25.0 Å². The van der Waals surface area contributed by atoms with Crippen LogP contribution in [0, 0.1) is 11.3 Å². The summed E-state index contributed by atoms with van der Waals surface area (Å²) < 4.78 is 15.4. The molecule has 0 heterocycles. The molecular formula is C11H14N2O3. The molecule has 2 N–H and O–H groups in total. The fourth-order valence-electron chi connectivity index (χ4n) is 1.18. The van der Waals surface area contributed by atoms with Crippen molar-refractivity contribution in [2.24, 2.45) is 0 Å². The van der Waals surface area contributed by atoms with Gasteiger partial charge in [-0.3, -0.25) is 0 Å². The number of benzene rings is 1. The van der Waals surface area contributed by atoms with Crippen molar-refractivity contribution in [3.05, 3.63) is 17.7 Å². The first kappa shape index (κ1) is 12.1. The van der Waals surface area contributed by atoms with E-state index in [1.165, 1.54) is 7.11 Å².